The van der Waals surface area contributed by atoms with E-state index in [-0.39, 0.29) is 34.0 Å². The van der Waals surface area contributed by atoms with E-state index in [9.17, 15) is 24.5 Å². The minimum Gasteiger partial charge on any atom is -0.291 e. The summed E-state index contributed by atoms with van der Waals surface area (Å²) in [5, 5.41) is 19.5. The molecule has 0 aliphatic carbocycles. The Bertz CT molecular complexity index is 1140. The number of nitro benzene ring substituents is 1. The van der Waals surface area contributed by atoms with Crippen molar-refractivity contribution in [2.75, 3.05) is 10.2 Å². The standard InChI is InChI=1S/C17H10N6O5/c24-14(20-17-18-8-19-21-17)9-4-5-12-13(6-9)16(26)22(15(12)25)10-2-1-3-11(7-10)23(27)28/h1-8H,(H2,18,19,20,21,24). The van der Waals surface area contributed by atoms with Gasteiger partial charge in [0.1, 0.15) is 6.33 Å². The number of anilines is 2. The first-order valence-electron chi connectivity index (χ1n) is 7.89. The molecular weight excluding hydrogens is 368 g/mol. The van der Waals surface area contributed by atoms with E-state index >= 15 is 0 Å². The fourth-order valence-electron chi connectivity index (χ4n) is 2.81. The normalized spacial score (nSPS) is 12.8. The second kappa shape index (κ2) is 6.39. The lowest BCUT2D eigenvalue weighted by molar-refractivity contribution is -0.384. The summed E-state index contributed by atoms with van der Waals surface area (Å²) >= 11 is 0. The summed E-state index contributed by atoms with van der Waals surface area (Å²) in [5.41, 5.74) is 0.0980. The van der Waals surface area contributed by atoms with Gasteiger partial charge in [-0.2, -0.15) is 10.1 Å². The van der Waals surface area contributed by atoms with Crippen LogP contribution in [0.3, 0.4) is 0 Å². The molecule has 1 aromatic heterocycles. The monoisotopic (exact) mass is 378 g/mol. The van der Waals surface area contributed by atoms with Crippen LogP contribution in [0.25, 0.3) is 0 Å². The number of nitrogens with zero attached hydrogens (tertiary/aromatic N) is 4. The molecular formula is C17H10N6O5. The van der Waals surface area contributed by atoms with E-state index in [2.05, 4.69) is 20.5 Å². The van der Waals surface area contributed by atoms with Crippen molar-refractivity contribution in [3.8, 4) is 0 Å². The van der Waals surface area contributed by atoms with Crippen LogP contribution in [0.15, 0.2) is 48.8 Å². The summed E-state index contributed by atoms with van der Waals surface area (Å²) in [6.45, 7) is 0. The third kappa shape index (κ3) is 2.76. The SMILES string of the molecule is O=C(Nc1ncn[nH]1)c1ccc2c(c1)C(=O)N(c1cccc([N+](=O)[O-])c1)C2=O. The van der Waals surface area contributed by atoms with Gasteiger partial charge in [-0.25, -0.2) is 10.00 Å². The number of hydrogen-bond acceptors (Lipinski definition) is 7. The number of imide groups is 1. The van der Waals surface area contributed by atoms with E-state index in [0.717, 1.165) is 11.0 Å². The van der Waals surface area contributed by atoms with Crippen LogP contribution in [0.4, 0.5) is 17.3 Å². The first-order valence-corrected chi connectivity index (χ1v) is 7.89. The molecule has 3 amide bonds. The molecule has 0 spiro atoms. The lowest BCUT2D eigenvalue weighted by Crippen LogP contribution is -2.29. The molecule has 1 aliphatic heterocycles. The molecule has 138 valence electrons. The minimum atomic E-state index is -0.671. The Morgan fingerprint density at radius 1 is 1.11 bits per heavy atom. The topological polar surface area (TPSA) is 151 Å². The summed E-state index contributed by atoms with van der Waals surface area (Å²) in [4.78, 5) is 52.6. The number of amides is 3. The second-order valence-electron chi connectivity index (χ2n) is 5.77. The summed E-state index contributed by atoms with van der Waals surface area (Å²) in [7, 11) is 0. The summed E-state index contributed by atoms with van der Waals surface area (Å²) in [5.74, 6) is -1.71. The van der Waals surface area contributed by atoms with E-state index in [4.69, 9.17) is 0 Å². The lowest BCUT2D eigenvalue weighted by atomic mass is 10.1. The third-order valence-electron chi connectivity index (χ3n) is 4.09. The number of benzene rings is 2. The second-order valence-corrected chi connectivity index (χ2v) is 5.77. The van der Waals surface area contributed by atoms with E-state index in [1.807, 2.05) is 0 Å². The zero-order valence-corrected chi connectivity index (χ0v) is 13.9. The molecule has 11 nitrogen and oxygen atoms in total. The summed E-state index contributed by atoms with van der Waals surface area (Å²) in [6.07, 6.45) is 1.22. The molecule has 1 aliphatic rings. The number of H-pyrrole nitrogens is 1. The van der Waals surface area contributed by atoms with Crippen molar-refractivity contribution in [3.05, 3.63) is 75.6 Å². The van der Waals surface area contributed by atoms with Crippen LogP contribution in [-0.2, 0) is 0 Å². The molecule has 3 aromatic rings. The van der Waals surface area contributed by atoms with Crippen molar-refractivity contribution in [1.29, 1.82) is 0 Å². The minimum absolute atomic E-state index is 0.0294. The Morgan fingerprint density at radius 3 is 2.61 bits per heavy atom. The molecule has 11 heteroatoms. The molecule has 0 fully saturated rings. The maximum Gasteiger partial charge on any atom is 0.271 e. The largest absolute Gasteiger partial charge is 0.291 e. The molecule has 0 radical (unpaired) electrons. The van der Waals surface area contributed by atoms with Gasteiger partial charge in [-0.05, 0) is 24.3 Å². The van der Waals surface area contributed by atoms with Crippen molar-refractivity contribution in [3.63, 3.8) is 0 Å². The molecule has 2 N–H and O–H groups in total. The van der Waals surface area contributed by atoms with Gasteiger partial charge < -0.3 is 0 Å². The molecule has 4 rings (SSSR count). The molecule has 0 unspecified atom stereocenters. The fourth-order valence-corrected chi connectivity index (χ4v) is 2.81. The highest BCUT2D eigenvalue weighted by Gasteiger charge is 2.37. The quantitative estimate of drug-likeness (QED) is 0.399. The van der Waals surface area contributed by atoms with E-state index < -0.39 is 22.6 Å². The zero-order chi connectivity index (χ0) is 19.8. The van der Waals surface area contributed by atoms with Crippen molar-refractivity contribution >= 4 is 35.0 Å². The Kier molecular flexibility index (Phi) is 3.89. The van der Waals surface area contributed by atoms with Gasteiger partial charge in [-0.3, -0.25) is 29.8 Å². The number of fused-ring (bicyclic) bond motifs is 1. The van der Waals surface area contributed by atoms with Crippen molar-refractivity contribution in [1.82, 2.24) is 15.2 Å². The molecule has 0 saturated carbocycles. The van der Waals surface area contributed by atoms with E-state index in [0.29, 0.717) is 0 Å². The van der Waals surface area contributed by atoms with Crippen LogP contribution in [-0.4, -0.2) is 37.8 Å². The number of carbonyl (C=O) groups is 3. The smallest absolute Gasteiger partial charge is 0.271 e. The number of rotatable bonds is 4. The molecule has 0 atom stereocenters. The summed E-state index contributed by atoms with van der Waals surface area (Å²) in [6, 6.07) is 9.25. The van der Waals surface area contributed by atoms with Crippen molar-refractivity contribution in [2.45, 2.75) is 0 Å². The maximum absolute atomic E-state index is 12.8. The van der Waals surface area contributed by atoms with Crippen LogP contribution >= 0.6 is 0 Å². The van der Waals surface area contributed by atoms with Crippen LogP contribution in [0.5, 0.6) is 0 Å². The van der Waals surface area contributed by atoms with Crippen LogP contribution in [0.1, 0.15) is 31.1 Å². The highest BCUT2D eigenvalue weighted by Crippen LogP contribution is 2.31. The average molecular weight is 378 g/mol. The van der Waals surface area contributed by atoms with Crippen LogP contribution in [0.2, 0.25) is 0 Å². The van der Waals surface area contributed by atoms with Gasteiger partial charge in [0, 0.05) is 17.7 Å². The van der Waals surface area contributed by atoms with E-state index in [1.54, 1.807) is 0 Å². The summed E-state index contributed by atoms with van der Waals surface area (Å²) < 4.78 is 0. The number of nitrogens with one attached hydrogen (secondary N) is 2. The van der Waals surface area contributed by atoms with Gasteiger partial charge in [0.05, 0.1) is 21.7 Å². The van der Waals surface area contributed by atoms with Gasteiger partial charge in [-0.1, -0.05) is 6.07 Å². The number of carbonyl (C=O) groups excluding carboxylic acids is 3. The van der Waals surface area contributed by atoms with Crippen molar-refractivity contribution < 1.29 is 19.3 Å². The average Bonchev–Trinajstić information content (AvgIpc) is 3.28. The maximum atomic E-state index is 12.8. The van der Waals surface area contributed by atoms with Gasteiger partial charge >= 0.3 is 0 Å². The van der Waals surface area contributed by atoms with Crippen LogP contribution < -0.4 is 10.2 Å². The predicted molar refractivity (Wildman–Crippen MR) is 95.0 cm³/mol. The Labute approximate surface area is 156 Å². The fraction of sp³-hybridized carbons (Fsp3) is 0. The lowest BCUT2D eigenvalue weighted by Gasteiger charge is -2.13. The number of aromatic amines is 1. The van der Waals surface area contributed by atoms with Gasteiger partial charge in [-0.15, -0.1) is 0 Å². The highest BCUT2D eigenvalue weighted by molar-refractivity contribution is 6.34. The van der Waals surface area contributed by atoms with Gasteiger partial charge in [0.2, 0.25) is 5.95 Å². The van der Waals surface area contributed by atoms with E-state index in [1.165, 1.54) is 42.7 Å². The molecule has 0 bridgehead atoms. The number of hydrogen-bond donors (Lipinski definition) is 2. The van der Waals surface area contributed by atoms with Gasteiger partial charge in [0.25, 0.3) is 23.4 Å². The number of aromatic nitrogens is 3. The van der Waals surface area contributed by atoms with Crippen LogP contribution in [0, 0.1) is 10.1 Å². The molecule has 2 heterocycles. The molecule has 2 aromatic carbocycles. The first-order chi connectivity index (χ1) is 13.5. The van der Waals surface area contributed by atoms with Crippen molar-refractivity contribution in [2.24, 2.45) is 0 Å². The Hall–Kier alpha value is -4.41. The van der Waals surface area contributed by atoms with Gasteiger partial charge in [0.15, 0.2) is 0 Å². The Morgan fingerprint density at radius 2 is 1.89 bits per heavy atom. The highest BCUT2D eigenvalue weighted by atomic mass is 16.6. The molecule has 28 heavy (non-hydrogen) atoms. The number of non-ortho nitro benzene ring substituents is 1. The zero-order valence-electron chi connectivity index (χ0n) is 13.9. The Balaban J connectivity index is 1.67. The first kappa shape index (κ1) is 17.0. The predicted octanol–water partition coefficient (Wildman–Crippen LogP) is 1.77. The number of nitro groups is 1. The molecule has 0 saturated heterocycles. The third-order valence-corrected chi connectivity index (χ3v) is 4.09.